The summed E-state index contributed by atoms with van der Waals surface area (Å²) in [6, 6.07) is 6.02. The summed E-state index contributed by atoms with van der Waals surface area (Å²) in [5.41, 5.74) is 3.38. The maximum absolute atomic E-state index is 12.2. The highest BCUT2D eigenvalue weighted by molar-refractivity contribution is 5.93. The van der Waals surface area contributed by atoms with Crippen LogP contribution in [0.4, 0.5) is 5.69 Å². The first-order valence-electron chi connectivity index (χ1n) is 7.70. The van der Waals surface area contributed by atoms with E-state index in [2.05, 4.69) is 25.2 Å². The molecular weight excluding hydrogens is 266 g/mol. The van der Waals surface area contributed by atoms with Crippen LogP contribution in [0.25, 0.3) is 0 Å². The molecule has 0 bridgehead atoms. The second-order valence-corrected chi connectivity index (χ2v) is 5.72. The van der Waals surface area contributed by atoms with Crippen LogP contribution in [0.15, 0.2) is 18.2 Å². The van der Waals surface area contributed by atoms with E-state index in [0.29, 0.717) is 19.3 Å². The number of aliphatic carboxylic acids is 1. The van der Waals surface area contributed by atoms with E-state index in [1.807, 2.05) is 12.1 Å². The largest absolute Gasteiger partial charge is 0.481 e. The number of carboxylic acids is 1. The average Bonchev–Trinajstić information content (AvgIpc) is 2.97. The van der Waals surface area contributed by atoms with Crippen LogP contribution < -0.4 is 5.32 Å². The Kier molecular flexibility index (Phi) is 4.99. The fourth-order valence-corrected chi connectivity index (χ4v) is 3.07. The molecular formula is C17H23NO3. The second kappa shape index (κ2) is 6.74. The van der Waals surface area contributed by atoms with Crippen LogP contribution in [0.3, 0.4) is 0 Å². The number of anilines is 1. The number of carbonyl (C=O) groups is 2. The molecule has 0 saturated heterocycles. The number of hydrogen-bond acceptors (Lipinski definition) is 2. The zero-order chi connectivity index (χ0) is 15.4. The van der Waals surface area contributed by atoms with Crippen LogP contribution in [0.1, 0.15) is 44.2 Å². The third-order valence-electron chi connectivity index (χ3n) is 4.39. The summed E-state index contributed by atoms with van der Waals surface area (Å²) in [5.74, 6) is -1.38. The van der Waals surface area contributed by atoms with Crippen LogP contribution in [0.2, 0.25) is 0 Å². The number of benzene rings is 1. The Morgan fingerprint density at radius 3 is 2.38 bits per heavy atom. The van der Waals surface area contributed by atoms with E-state index < -0.39 is 5.97 Å². The minimum atomic E-state index is -0.786. The average molecular weight is 289 g/mol. The Bertz CT molecular complexity index is 539. The minimum Gasteiger partial charge on any atom is -0.481 e. The molecule has 2 atom stereocenters. The van der Waals surface area contributed by atoms with Gasteiger partial charge < -0.3 is 10.4 Å². The summed E-state index contributed by atoms with van der Waals surface area (Å²) in [4.78, 5) is 23.2. The highest BCUT2D eigenvalue weighted by Crippen LogP contribution is 2.32. The lowest BCUT2D eigenvalue weighted by molar-refractivity contribution is -0.141. The molecule has 21 heavy (non-hydrogen) atoms. The fraction of sp³-hybridized carbons (Fsp3) is 0.529. The summed E-state index contributed by atoms with van der Waals surface area (Å²) < 4.78 is 0. The van der Waals surface area contributed by atoms with E-state index in [9.17, 15) is 9.59 Å². The Morgan fingerprint density at radius 2 is 1.81 bits per heavy atom. The van der Waals surface area contributed by atoms with Crippen LogP contribution in [0, 0.1) is 11.8 Å². The Morgan fingerprint density at radius 1 is 1.14 bits per heavy atom. The summed E-state index contributed by atoms with van der Waals surface area (Å²) >= 11 is 0. The molecule has 0 unspecified atom stereocenters. The minimum absolute atomic E-state index is 0.0509. The first kappa shape index (κ1) is 15.5. The highest BCUT2D eigenvalue weighted by Gasteiger charge is 2.33. The number of aryl methyl sites for hydroxylation is 2. The van der Waals surface area contributed by atoms with E-state index in [-0.39, 0.29) is 17.7 Å². The molecule has 0 radical (unpaired) electrons. The number of carbonyl (C=O) groups excluding carboxylic acids is 1. The van der Waals surface area contributed by atoms with Gasteiger partial charge in [-0.25, -0.2) is 0 Å². The lowest BCUT2D eigenvalue weighted by Crippen LogP contribution is -2.21. The number of hydrogen-bond donors (Lipinski definition) is 2. The summed E-state index contributed by atoms with van der Waals surface area (Å²) in [5, 5.41) is 11.9. The van der Waals surface area contributed by atoms with Crippen LogP contribution in [-0.2, 0) is 22.4 Å². The molecule has 2 N–H and O–H groups in total. The molecule has 2 rings (SSSR count). The molecule has 0 aromatic heterocycles. The van der Waals surface area contributed by atoms with E-state index in [1.165, 1.54) is 11.1 Å². The second-order valence-electron chi connectivity index (χ2n) is 5.72. The molecule has 1 aromatic rings. The van der Waals surface area contributed by atoms with Crippen LogP contribution >= 0.6 is 0 Å². The van der Waals surface area contributed by atoms with Crippen molar-refractivity contribution in [3.8, 4) is 0 Å². The van der Waals surface area contributed by atoms with Crippen LogP contribution in [0.5, 0.6) is 0 Å². The molecule has 1 fully saturated rings. The van der Waals surface area contributed by atoms with E-state index in [4.69, 9.17) is 5.11 Å². The van der Waals surface area contributed by atoms with Gasteiger partial charge in [0.05, 0.1) is 5.92 Å². The van der Waals surface area contributed by atoms with E-state index >= 15 is 0 Å². The lowest BCUT2D eigenvalue weighted by Gasteiger charge is -2.13. The lowest BCUT2D eigenvalue weighted by atomic mass is 10.0. The van der Waals surface area contributed by atoms with Crippen molar-refractivity contribution in [2.45, 2.75) is 46.0 Å². The SMILES string of the molecule is CCc1ccc(NC(=O)[C@@H]2CC[C@H](C(=O)O)C2)cc1CC. The van der Waals surface area contributed by atoms with Gasteiger partial charge >= 0.3 is 5.97 Å². The van der Waals surface area contributed by atoms with Crippen molar-refractivity contribution in [1.82, 2.24) is 0 Å². The normalized spacial score (nSPS) is 21.2. The predicted octanol–water partition coefficient (Wildman–Crippen LogP) is 3.25. The van der Waals surface area contributed by atoms with Gasteiger partial charge in [0.15, 0.2) is 0 Å². The molecule has 114 valence electrons. The molecule has 1 saturated carbocycles. The van der Waals surface area contributed by atoms with Gasteiger partial charge in [-0.2, -0.15) is 0 Å². The van der Waals surface area contributed by atoms with Crippen molar-refractivity contribution < 1.29 is 14.7 Å². The monoisotopic (exact) mass is 289 g/mol. The topological polar surface area (TPSA) is 66.4 Å². The van der Waals surface area contributed by atoms with Crippen molar-refractivity contribution in [2.24, 2.45) is 11.8 Å². The predicted molar refractivity (Wildman–Crippen MR) is 82.3 cm³/mol. The van der Waals surface area contributed by atoms with E-state index in [1.54, 1.807) is 0 Å². The Labute approximate surface area is 125 Å². The maximum Gasteiger partial charge on any atom is 0.306 e. The standard InChI is InChI=1S/C17H23NO3/c1-3-11-7-8-15(10-12(11)4-2)18-16(19)13-5-6-14(9-13)17(20)21/h7-8,10,13-14H,3-6,9H2,1-2H3,(H,18,19)(H,20,21)/t13-,14+/m1/s1. The van der Waals surface area contributed by atoms with Gasteiger partial charge in [0.25, 0.3) is 0 Å². The zero-order valence-electron chi connectivity index (χ0n) is 12.7. The van der Waals surface area contributed by atoms with Gasteiger partial charge in [-0.05, 0) is 55.4 Å². The van der Waals surface area contributed by atoms with Gasteiger partial charge in [-0.15, -0.1) is 0 Å². The molecule has 4 heteroatoms. The van der Waals surface area contributed by atoms with Gasteiger partial charge in [0.2, 0.25) is 5.91 Å². The highest BCUT2D eigenvalue weighted by atomic mass is 16.4. The quantitative estimate of drug-likeness (QED) is 0.874. The molecule has 1 aromatic carbocycles. The molecule has 1 amide bonds. The van der Waals surface area contributed by atoms with Crippen molar-refractivity contribution in [2.75, 3.05) is 5.32 Å². The van der Waals surface area contributed by atoms with E-state index in [0.717, 1.165) is 18.5 Å². The Hall–Kier alpha value is -1.84. The van der Waals surface area contributed by atoms with Crippen molar-refractivity contribution in [1.29, 1.82) is 0 Å². The maximum atomic E-state index is 12.2. The van der Waals surface area contributed by atoms with Crippen molar-refractivity contribution in [3.63, 3.8) is 0 Å². The molecule has 0 aliphatic heterocycles. The number of carboxylic acid groups (broad SMARTS) is 1. The first-order valence-corrected chi connectivity index (χ1v) is 7.70. The summed E-state index contributed by atoms with van der Waals surface area (Å²) in [7, 11) is 0. The molecule has 0 heterocycles. The number of amides is 1. The molecule has 1 aliphatic carbocycles. The van der Waals surface area contributed by atoms with Gasteiger partial charge in [0.1, 0.15) is 0 Å². The number of nitrogens with one attached hydrogen (secondary N) is 1. The van der Waals surface area contributed by atoms with Crippen molar-refractivity contribution >= 4 is 17.6 Å². The fourth-order valence-electron chi connectivity index (χ4n) is 3.07. The van der Waals surface area contributed by atoms with Gasteiger partial charge in [0, 0.05) is 11.6 Å². The molecule has 0 spiro atoms. The van der Waals surface area contributed by atoms with Gasteiger partial charge in [-0.3, -0.25) is 9.59 Å². The van der Waals surface area contributed by atoms with Crippen LogP contribution in [-0.4, -0.2) is 17.0 Å². The van der Waals surface area contributed by atoms with Crippen molar-refractivity contribution in [3.05, 3.63) is 29.3 Å². The third-order valence-corrected chi connectivity index (χ3v) is 4.39. The smallest absolute Gasteiger partial charge is 0.306 e. The summed E-state index contributed by atoms with van der Waals surface area (Å²) in [6.45, 7) is 4.23. The first-order chi connectivity index (χ1) is 10.0. The Balaban J connectivity index is 2.02. The third kappa shape index (κ3) is 3.63. The zero-order valence-corrected chi connectivity index (χ0v) is 12.7. The van der Waals surface area contributed by atoms with Gasteiger partial charge in [-0.1, -0.05) is 19.9 Å². The molecule has 4 nitrogen and oxygen atoms in total. The summed E-state index contributed by atoms with van der Waals surface area (Å²) in [6.07, 6.45) is 3.64. The number of rotatable bonds is 5. The molecule has 1 aliphatic rings.